The Morgan fingerprint density at radius 3 is 2.85 bits per heavy atom. The van der Waals surface area contributed by atoms with Crippen molar-refractivity contribution < 1.29 is 22.4 Å². The Balaban J connectivity index is 1.57. The van der Waals surface area contributed by atoms with Crippen LogP contribution in [0.1, 0.15) is 12.8 Å². The minimum atomic E-state index is -4.32. The van der Waals surface area contributed by atoms with Crippen LogP contribution in [-0.2, 0) is 14.8 Å². The molecule has 2 bridgehead atoms. The SMILES string of the molecule is N/N=C1/CC2CC1CN2C(=O)CN1C(=O)Nc2ccc(F)cc2S1(=O)=O. The maximum atomic E-state index is 13.5. The van der Waals surface area contributed by atoms with Crippen LogP contribution in [0.15, 0.2) is 28.2 Å². The quantitative estimate of drug-likeness (QED) is 0.563. The Kier molecular flexibility index (Phi) is 3.65. The first-order valence-corrected chi connectivity index (χ1v) is 9.44. The molecule has 1 aromatic carbocycles. The van der Waals surface area contributed by atoms with E-state index in [1.54, 1.807) is 4.90 Å². The van der Waals surface area contributed by atoms with E-state index in [4.69, 9.17) is 5.84 Å². The first-order chi connectivity index (χ1) is 12.3. The molecule has 1 saturated heterocycles. The Morgan fingerprint density at radius 2 is 2.19 bits per heavy atom. The number of carbonyl (C=O) groups is 2. The maximum absolute atomic E-state index is 13.5. The third-order valence-corrected chi connectivity index (χ3v) is 6.84. The number of benzene rings is 1. The summed E-state index contributed by atoms with van der Waals surface area (Å²) in [5, 5.41) is 6.09. The highest BCUT2D eigenvalue weighted by Gasteiger charge is 2.46. The van der Waals surface area contributed by atoms with Gasteiger partial charge in [0.2, 0.25) is 5.91 Å². The zero-order chi connectivity index (χ0) is 18.6. The van der Waals surface area contributed by atoms with Gasteiger partial charge >= 0.3 is 6.03 Å². The molecule has 3 amide bonds. The number of nitrogens with one attached hydrogen (secondary N) is 1. The molecule has 2 atom stereocenters. The van der Waals surface area contributed by atoms with Gasteiger partial charge in [0.15, 0.2) is 0 Å². The van der Waals surface area contributed by atoms with E-state index in [1.807, 2.05) is 0 Å². The lowest BCUT2D eigenvalue weighted by atomic mass is 10.1. The standard InChI is InChI=1S/C15H16FN5O4S/c16-9-1-2-11-13(4-9)26(24,25)21(15(23)18-11)7-14(22)20-6-8-3-10(20)5-12(8)19-17/h1-2,4,8,10H,3,5-7,17H2,(H,18,23)/b19-12-. The van der Waals surface area contributed by atoms with E-state index >= 15 is 0 Å². The molecule has 2 heterocycles. The summed E-state index contributed by atoms with van der Waals surface area (Å²) >= 11 is 0. The van der Waals surface area contributed by atoms with Crippen molar-refractivity contribution in [2.75, 3.05) is 18.4 Å². The molecule has 3 aliphatic rings. The summed E-state index contributed by atoms with van der Waals surface area (Å²) in [5.74, 6) is 4.17. The number of piperidine rings is 1. The summed E-state index contributed by atoms with van der Waals surface area (Å²) < 4.78 is 39.2. The van der Waals surface area contributed by atoms with Gasteiger partial charge in [-0.3, -0.25) is 4.79 Å². The fourth-order valence-corrected chi connectivity index (χ4v) is 5.25. The van der Waals surface area contributed by atoms with Crippen molar-refractivity contribution in [1.82, 2.24) is 9.21 Å². The summed E-state index contributed by atoms with van der Waals surface area (Å²) in [7, 11) is -4.32. The van der Waals surface area contributed by atoms with Gasteiger partial charge in [-0.15, -0.1) is 0 Å². The highest BCUT2D eigenvalue weighted by molar-refractivity contribution is 7.90. The van der Waals surface area contributed by atoms with E-state index < -0.39 is 34.3 Å². The molecule has 0 aromatic heterocycles. The number of hydrogen-bond acceptors (Lipinski definition) is 6. The molecule has 0 radical (unpaired) electrons. The first-order valence-electron chi connectivity index (χ1n) is 8.00. The lowest BCUT2D eigenvalue weighted by Crippen LogP contribution is -2.51. The summed E-state index contributed by atoms with van der Waals surface area (Å²) in [6, 6.07) is 2.02. The van der Waals surface area contributed by atoms with Gasteiger partial charge in [0, 0.05) is 30.6 Å². The number of fused-ring (bicyclic) bond motifs is 3. The molecule has 0 spiro atoms. The number of anilines is 1. The van der Waals surface area contributed by atoms with Crippen LogP contribution in [0.3, 0.4) is 0 Å². The molecule has 1 saturated carbocycles. The average Bonchev–Trinajstić information content (AvgIpc) is 3.19. The van der Waals surface area contributed by atoms with Gasteiger partial charge in [-0.05, 0) is 24.6 Å². The van der Waals surface area contributed by atoms with Gasteiger partial charge in [-0.2, -0.15) is 5.10 Å². The number of carbonyl (C=O) groups excluding carboxylic acids is 2. The van der Waals surface area contributed by atoms with Gasteiger partial charge in [0.25, 0.3) is 10.0 Å². The monoisotopic (exact) mass is 381 g/mol. The van der Waals surface area contributed by atoms with Crippen LogP contribution < -0.4 is 11.2 Å². The van der Waals surface area contributed by atoms with Crippen molar-refractivity contribution in [2.45, 2.75) is 23.8 Å². The number of rotatable bonds is 2. The smallest absolute Gasteiger partial charge is 0.336 e. The van der Waals surface area contributed by atoms with Crippen molar-refractivity contribution in [2.24, 2.45) is 16.9 Å². The zero-order valence-electron chi connectivity index (χ0n) is 13.6. The minimum absolute atomic E-state index is 0.0101. The summed E-state index contributed by atoms with van der Waals surface area (Å²) in [4.78, 5) is 26.0. The average molecular weight is 381 g/mol. The Morgan fingerprint density at radius 1 is 1.42 bits per heavy atom. The van der Waals surface area contributed by atoms with Gasteiger partial charge in [0.1, 0.15) is 17.3 Å². The number of hydrazone groups is 1. The van der Waals surface area contributed by atoms with E-state index in [-0.39, 0.29) is 22.5 Å². The van der Waals surface area contributed by atoms with Crippen LogP contribution in [-0.4, -0.2) is 54.4 Å². The van der Waals surface area contributed by atoms with Gasteiger partial charge in [0.05, 0.1) is 5.69 Å². The second-order valence-corrected chi connectivity index (χ2v) is 8.37. The lowest BCUT2D eigenvalue weighted by Gasteiger charge is -2.32. The highest BCUT2D eigenvalue weighted by Crippen LogP contribution is 2.36. The molecule has 138 valence electrons. The van der Waals surface area contributed by atoms with E-state index in [0.29, 0.717) is 17.3 Å². The number of halogens is 1. The predicted octanol–water partition coefficient (Wildman–Crippen LogP) is 0.297. The fraction of sp³-hybridized carbons (Fsp3) is 0.400. The number of amides is 3. The molecule has 11 heteroatoms. The van der Waals surface area contributed by atoms with Crippen molar-refractivity contribution in [1.29, 1.82) is 0 Å². The molecule has 1 aromatic rings. The van der Waals surface area contributed by atoms with E-state index in [2.05, 4.69) is 10.4 Å². The highest BCUT2D eigenvalue weighted by atomic mass is 32.2. The zero-order valence-corrected chi connectivity index (χ0v) is 14.4. The van der Waals surface area contributed by atoms with Crippen LogP contribution in [0.25, 0.3) is 0 Å². The predicted molar refractivity (Wildman–Crippen MR) is 89.2 cm³/mol. The Labute approximate surface area is 148 Å². The molecule has 2 unspecified atom stereocenters. The first kappa shape index (κ1) is 16.8. The van der Waals surface area contributed by atoms with Crippen LogP contribution in [0.4, 0.5) is 14.9 Å². The summed E-state index contributed by atoms with van der Waals surface area (Å²) in [6.07, 6.45) is 1.29. The summed E-state index contributed by atoms with van der Waals surface area (Å²) in [5.41, 5.74) is 0.843. The fourth-order valence-electron chi connectivity index (χ4n) is 3.81. The van der Waals surface area contributed by atoms with E-state index in [9.17, 15) is 22.4 Å². The van der Waals surface area contributed by atoms with Crippen LogP contribution >= 0.6 is 0 Å². The molecule has 1 aliphatic carbocycles. The maximum Gasteiger partial charge on any atom is 0.336 e. The molecule has 26 heavy (non-hydrogen) atoms. The number of sulfonamides is 1. The normalized spacial score (nSPS) is 27.6. The molecule has 4 rings (SSSR count). The van der Waals surface area contributed by atoms with Crippen molar-refractivity contribution in [3.05, 3.63) is 24.0 Å². The summed E-state index contributed by atoms with van der Waals surface area (Å²) in [6.45, 7) is -0.233. The second kappa shape index (κ2) is 5.66. The van der Waals surface area contributed by atoms with Crippen LogP contribution in [0.5, 0.6) is 0 Å². The number of nitrogens with two attached hydrogens (primary N) is 1. The third-order valence-electron chi connectivity index (χ3n) is 5.08. The van der Waals surface area contributed by atoms with E-state index in [0.717, 1.165) is 24.3 Å². The van der Waals surface area contributed by atoms with Crippen LogP contribution in [0, 0.1) is 11.7 Å². The molecular weight excluding hydrogens is 365 g/mol. The van der Waals surface area contributed by atoms with Crippen molar-refractivity contribution >= 4 is 33.4 Å². The van der Waals surface area contributed by atoms with Crippen molar-refractivity contribution in [3.63, 3.8) is 0 Å². The minimum Gasteiger partial charge on any atom is -0.337 e. The van der Waals surface area contributed by atoms with Gasteiger partial charge in [-0.25, -0.2) is 21.9 Å². The molecule has 9 nitrogen and oxygen atoms in total. The molecule has 2 fully saturated rings. The van der Waals surface area contributed by atoms with E-state index in [1.165, 1.54) is 6.07 Å². The number of nitrogens with zero attached hydrogens (tertiary/aromatic N) is 3. The van der Waals surface area contributed by atoms with Crippen LogP contribution in [0.2, 0.25) is 0 Å². The Bertz CT molecular complexity index is 947. The largest absolute Gasteiger partial charge is 0.337 e. The van der Waals surface area contributed by atoms with Gasteiger partial charge in [-0.1, -0.05) is 0 Å². The lowest BCUT2D eigenvalue weighted by molar-refractivity contribution is -0.132. The molecule has 3 N–H and O–H groups in total. The number of hydrogen-bond donors (Lipinski definition) is 2. The van der Waals surface area contributed by atoms with Gasteiger partial charge < -0.3 is 16.1 Å². The second-order valence-electron chi connectivity index (χ2n) is 6.54. The Hall–Kier alpha value is -2.69. The number of urea groups is 1. The topological polar surface area (TPSA) is 125 Å². The van der Waals surface area contributed by atoms with Crippen molar-refractivity contribution in [3.8, 4) is 0 Å². The molecule has 2 aliphatic heterocycles. The number of likely N-dealkylation sites (tertiary alicyclic amines) is 1. The molecular formula is C15H16FN5O4S. The third kappa shape index (κ3) is 2.42.